The van der Waals surface area contributed by atoms with Gasteiger partial charge in [0, 0.05) is 18.2 Å². The summed E-state index contributed by atoms with van der Waals surface area (Å²) in [6.45, 7) is 0.513. The first-order valence-electron chi connectivity index (χ1n) is 5.67. The fraction of sp³-hybridized carbons (Fsp3) is 0.636. The first kappa shape index (κ1) is 11.1. The zero-order valence-corrected chi connectivity index (χ0v) is 9.24. The second-order valence-corrected chi connectivity index (χ2v) is 4.49. The lowest BCUT2D eigenvalue weighted by atomic mass is 9.82. The summed E-state index contributed by atoms with van der Waals surface area (Å²) in [7, 11) is 0. The maximum atomic E-state index is 11.6. The van der Waals surface area contributed by atoms with Gasteiger partial charge in [0.2, 0.25) is 0 Å². The Hall–Kier alpha value is -1.36. The van der Waals surface area contributed by atoms with Gasteiger partial charge >= 0.3 is 0 Å². The highest BCUT2D eigenvalue weighted by Crippen LogP contribution is 2.25. The standard InChI is InChI=1S/C11H17N3O2/c12-11(5-2-1-3-6-11)8-13-10(15)9-4-7-16-14-9/h4,7H,1-3,5-6,8,12H2,(H,13,15). The van der Waals surface area contributed by atoms with E-state index in [1.807, 2.05) is 0 Å². The fourth-order valence-electron chi connectivity index (χ4n) is 2.11. The molecule has 1 aromatic rings. The number of rotatable bonds is 3. The molecule has 1 heterocycles. The lowest BCUT2D eigenvalue weighted by Gasteiger charge is -2.33. The van der Waals surface area contributed by atoms with Crippen LogP contribution in [0.4, 0.5) is 0 Å². The van der Waals surface area contributed by atoms with E-state index in [2.05, 4.69) is 15.0 Å². The third-order valence-electron chi connectivity index (χ3n) is 3.12. The van der Waals surface area contributed by atoms with Crippen molar-refractivity contribution in [3.05, 3.63) is 18.0 Å². The third kappa shape index (κ3) is 2.61. The number of nitrogens with one attached hydrogen (secondary N) is 1. The van der Waals surface area contributed by atoms with Crippen molar-refractivity contribution in [2.45, 2.75) is 37.6 Å². The van der Waals surface area contributed by atoms with Crippen LogP contribution < -0.4 is 11.1 Å². The monoisotopic (exact) mass is 223 g/mol. The molecule has 5 heteroatoms. The predicted octanol–water partition coefficient (Wildman–Crippen LogP) is 1.07. The van der Waals surface area contributed by atoms with E-state index in [4.69, 9.17) is 5.73 Å². The van der Waals surface area contributed by atoms with Crippen LogP contribution in [-0.2, 0) is 0 Å². The highest BCUT2D eigenvalue weighted by atomic mass is 16.5. The van der Waals surface area contributed by atoms with Crippen LogP contribution in [0.1, 0.15) is 42.6 Å². The Balaban J connectivity index is 1.84. The maximum absolute atomic E-state index is 11.6. The Labute approximate surface area is 94.4 Å². The van der Waals surface area contributed by atoms with Crippen LogP contribution in [0.2, 0.25) is 0 Å². The second kappa shape index (κ2) is 4.65. The molecule has 0 spiro atoms. The molecule has 0 aliphatic heterocycles. The van der Waals surface area contributed by atoms with Crippen molar-refractivity contribution >= 4 is 5.91 Å². The Bertz CT molecular complexity index is 342. The van der Waals surface area contributed by atoms with Gasteiger partial charge in [0.25, 0.3) is 5.91 Å². The van der Waals surface area contributed by atoms with Gasteiger partial charge in [0.05, 0.1) is 0 Å². The molecule has 0 aromatic carbocycles. The number of hydrogen-bond donors (Lipinski definition) is 2. The summed E-state index contributed by atoms with van der Waals surface area (Å²) in [5.74, 6) is -0.218. The van der Waals surface area contributed by atoms with Crippen molar-refractivity contribution in [1.29, 1.82) is 0 Å². The lowest BCUT2D eigenvalue weighted by molar-refractivity contribution is 0.0928. The van der Waals surface area contributed by atoms with Crippen molar-refractivity contribution < 1.29 is 9.32 Å². The van der Waals surface area contributed by atoms with Crippen molar-refractivity contribution in [3.8, 4) is 0 Å². The zero-order chi connectivity index (χ0) is 11.4. The molecule has 0 saturated heterocycles. The Morgan fingerprint density at radius 3 is 2.88 bits per heavy atom. The molecule has 0 radical (unpaired) electrons. The zero-order valence-electron chi connectivity index (χ0n) is 9.24. The first-order chi connectivity index (χ1) is 7.70. The van der Waals surface area contributed by atoms with Crippen LogP contribution in [-0.4, -0.2) is 23.1 Å². The van der Waals surface area contributed by atoms with Gasteiger partial charge in [-0.2, -0.15) is 0 Å². The number of aromatic nitrogens is 1. The van der Waals surface area contributed by atoms with Crippen LogP contribution in [0.5, 0.6) is 0 Å². The van der Waals surface area contributed by atoms with Crippen molar-refractivity contribution in [1.82, 2.24) is 10.5 Å². The molecule has 1 aromatic heterocycles. The summed E-state index contributed by atoms with van der Waals surface area (Å²) in [6.07, 6.45) is 6.88. The summed E-state index contributed by atoms with van der Waals surface area (Å²) in [5.41, 5.74) is 6.27. The number of nitrogens with two attached hydrogens (primary N) is 1. The minimum Gasteiger partial charge on any atom is -0.364 e. The highest BCUT2D eigenvalue weighted by molar-refractivity contribution is 5.91. The average Bonchev–Trinajstić information content (AvgIpc) is 2.80. The molecule has 16 heavy (non-hydrogen) atoms. The van der Waals surface area contributed by atoms with Crippen LogP contribution in [0.3, 0.4) is 0 Å². The van der Waals surface area contributed by atoms with E-state index < -0.39 is 0 Å². The molecule has 5 nitrogen and oxygen atoms in total. The molecule has 0 atom stereocenters. The molecule has 0 unspecified atom stereocenters. The van der Waals surface area contributed by atoms with Gasteiger partial charge in [-0.3, -0.25) is 4.79 Å². The number of hydrogen-bond acceptors (Lipinski definition) is 4. The number of nitrogens with zero attached hydrogens (tertiary/aromatic N) is 1. The van der Waals surface area contributed by atoms with Crippen molar-refractivity contribution in [3.63, 3.8) is 0 Å². The molecule has 1 fully saturated rings. The van der Waals surface area contributed by atoms with Gasteiger partial charge in [0.1, 0.15) is 6.26 Å². The normalized spacial score (nSPS) is 19.3. The molecule has 88 valence electrons. The van der Waals surface area contributed by atoms with Crippen molar-refractivity contribution in [2.24, 2.45) is 5.73 Å². The summed E-state index contributed by atoms with van der Waals surface area (Å²) >= 11 is 0. The van der Waals surface area contributed by atoms with E-state index in [0.29, 0.717) is 12.2 Å². The van der Waals surface area contributed by atoms with Gasteiger partial charge in [-0.05, 0) is 12.8 Å². The van der Waals surface area contributed by atoms with E-state index in [0.717, 1.165) is 25.7 Å². The molecule has 1 aliphatic rings. The van der Waals surface area contributed by atoms with Crippen LogP contribution in [0, 0.1) is 0 Å². The minimum atomic E-state index is -0.238. The highest BCUT2D eigenvalue weighted by Gasteiger charge is 2.28. The quantitative estimate of drug-likeness (QED) is 0.803. The van der Waals surface area contributed by atoms with Gasteiger partial charge < -0.3 is 15.6 Å². The smallest absolute Gasteiger partial charge is 0.273 e. The topological polar surface area (TPSA) is 81.1 Å². The molecule has 0 bridgehead atoms. The van der Waals surface area contributed by atoms with E-state index in [9.17, 15) is 4.79 Å². The van der Waals surface area contributed by atoms with Crippen LogP contribution in [0.25, 0.3) is 0 Å². The molecule has 1 aliphatic carbocycles. The minimum absolute atomic E-state index is 0.218. The maximum Gasteiger partial charge on any atom is 0.273 e. The summed E-state index contributed by atoms with van der Waals surface area (Å²) in [4.78, 5) is 11.6. The Kier molecular flexibility index (Phi) is 3.24. The van der Waals surface area contributed by atoms with Gasteiger partial charge in [0.15, 0.2) is 5.69 Å². The molecule has 1 saturated carbocycles. The van der Waals surface area contributed by atoms with E-state index in [1.54, 1.807) is 6.07 Å². The van der Waals surface area contributed by atoms with E-state index >= 15 is 0 Å². The number of carbonyl (C=O) groups is 1. The van der Waals surface area contributed by atoms with Gasteiger partial charge in [-0.25, -0.2) is 0 Å². The first-order valence-corrected chi connectivity index (χ1v) is 5.67. The lowest BCUT2D eigenvalue weighted by Crippen LogP contribution is -2.51. The predicted molar refractivity (Wildman–Crippen MR) is 58.8 cm³/mol. The van der Waals surface area contributed by atoms with E-state index in [1.165, 1.54) is 12.7 Å². The summed E-state index contributed by atoms with van der Waals surface area (Å²) in [6, 6.07) is 1.54. The summed E-state index contributed by atoms with van der Waals surface area (Å²) < 4.78 is 4.61. The average molecular weight is 223 g/mol. The SMILES string of the molecule is NC1(CNC(=O)c2ccon2)CCCCC1. The molecule has 1 amide bonds. The van der Waals surface area contributed by atoms with Crippen molar-refractivity contribution in [2.75, 3.05) is 6.54 Å². The van der Waals surface area contributed by atoms with Crippen LogP contribution >= 0.6 is 0 Å². The summed E-state index contributed by atoms with van der Waals surface area (Å²) in [5, 5.41) is 6.38. The Morgan fingerprint density at radius 2 is 2.25 bits per heavy atom. The third-order valence-corrected chi connectivity index (χ3v) is 3.12. The molecular formula is C11H17N3O2. The molecule has 2 rings (SSSR count). The Morgan fingerprint density at radius 1 is 1.50 bits per heavy atom. The molecule has 3 N–H and O–H groups in total. The fourth-order valence-corrected chi connectivity index (χ4v) is 2.11. The molecular weight excluding hydrogens is 206 g/mol. The van der Waals surface area contributed by atoms with E-state index in [-0.39, 0.29) is 11.4 Å². The van der Waals surface area contributed by atoms with Gasteiger partial charge in [-0.15, -0.1) is 0 Å². The van der Waals surface area contributed by atoms with Gasteiger partial charge in [-0.1, -0.05) is 24.4 Å². The van der Waals surface area contributed by atoms with Crippen LogP contribution in [0.15, 0.2) is 16.9 Å². The largest absolute Gasteiger partial charge is 0.364 e. The number of amides is 1. The number of carbonyl (C=O) groups excluding carboxylic acids is 1. The second-order valence-electron chi connectivity index (χ2n) is 4.49.